The molecule has 0 aromatic heterocycles. The number of methoxy groups -OCH3 is 2. The maximum absolute atomic E-state index is 13.2. The van der Waals surface area contributed by atoms with Gasteiger partial charge in [0.25, 0.3) is 5.91 Å². The van der Waals surface area contributed by atoms with Crippen molar-refractivity contribution in [2.45, 2.75) is 11.8 Å². The Morgan fingerprint density at radius 2 is 1.67 bits per heavy atom. The Balaban J connectivity index is 1.76. The van der Waals surface area contributed by atoms with Crippen LogP contribution in [0.2, 0.25) is 0 Å². The van der Waals surface area contributed by atoms with Crippen molar-refractivity contribution in [1.29, 1.82) is 0 Å². The summed E-state index contributed by atoms with van der Waals surface area (Å²) >= 11 is 0. The molecule has 1 aliphatic heterocycles. The molecule has 2 aromatic carbocycles. The average molecular weight is 435 g/mol. The van der Waals surface area contributed by atoms with Gasteiger partial charge in [0, 0.05) is 32.2 Å². The Kier molecular flexibility index (Phi) is 6.84. The molecule has 9 heteroatoms. The zero-order chi connectivity index (χ0) is 21.7. The molecule has 0 N–H and O–H groups in total. The summed E-state index contributed by atoms with van der Waals surface area (Å²) in [5, 5.41) is 0. The van der Waals surface area contributed by atoms with Gasteiger partial charge < -0.3 is 19.1 Å². The van der Waals surface area contributed by atoms with Gasteiger partial charge in [-0.2, -0.15) is 4.31 Å². The first-order valence-electron chi connectivity index (χ1n) is 9.65. The lowest BCUT2D eigenvalue weighted by atomic mass is 10.1. The van der Waals surface area contributed by atoms with Crippen LogP contribution in [0.5, 0.6) is 17.2 Å². The van der Waals surface area contributed by atoms with Crippen molar-refractivity contribution in [2.75, 3.05) is 47.0 Å². The van der Waals surface area contributed by atoms with E-state index in [-0.39, 0.29) is 42.7 Å². The third-order valence-electron chi connectivity index (χ3n) is 4.93. The molecule has 1 aliphatic rings. The van der Waals surface area contributed by atoms with Gasteiger partial charge in [-0.05, 0) is 31.2 Å². The third kappa shape index (κ3) is 4.36. The summed E-state index contributed by atoms with van der Waals surface area (Å²) in [6, 6.07) is 11.7. The second kappa shape index (κ2) is 9.36. The van der Waals surface area contributed by atoms with Crippen molar-refractivity contribution < 1.29 is 27.4 Å². The van der Waals surface area contributed by atoms with Crippen LogP contribution >= 0.6 is 0 Å². The smallest absolute Gasteiger partial charge is 0.257 e. The summed E-state index contributed by atoms with van der Waals surface area (Å²) in [5.74, 6) is 1.03. The standard InChI is InChI=1S/C21H26N2O6S/c1-4-29-18-8-6-5-7-17(18)21(24)22-11-13-23(14-12-22)30(25,26)20-15-16(27-2)9-10-19(20)28-3/h5-10,15H,4,11-14H2,1-3H3. The van der Waals surface area contributed by atoms with Crippen LogP contribution in [-0.4, -0.2) is 70.5 Å². The van der Waals surface area contributed by atoms with Gasteiger partial charge in [-0.3, -0.25) is 4.79 Å². The van der Waals surface area contributed by atoms with Crippen LogP contribution in [0.25, 0.3) is 0 Å². The second-order valence-corrected chi connectivity index (χ2v) is 8.55. The van der Waals surface area contributed by atoms with Gasteiger partial charge in [-0.15, -0.1) is 0 Å². The van der Waals surface area contributed by atoms with Crippen molar-refractivity contribution in [1.82, 2.24) is 9.21 Å². The quantitative estimate of drug-likeness (QED) is 0.665. The minimum Gasteiger partial charge on any atom is -0.497 e. The molecule has 0 aliphatic carbocycles. The van der Waals surface area contributed by atoms with E-state index in [0.717, 1.165) is 0 Å². The van der Waals surface area contributed by atoms with Gasteiger partial charge >= 0.3 is 0 Å². The Morgan fingerprint density at radius 3 is 2.30 bits per heavy atom. The van der Waals surface area contributed by atoms with E-state index in [1.807, 2.05) is 13.0 Å². The first-order chi connectivity index (χ1) is 14.4. The molecule has 162 valence electrons. The highest BCUT2D eigenvalue weighted by Gasteiger charge is 2.33. The minimum atomic E-state index is -3.80. The van der Waals surface area contributed by atoms with Crippen LogP contribution in [-0.2, 0) is 10.0 Å². The van der Waals surface area contributed by atoms with E-state index in [1.54, 1.807) is 35.2 Å². The second-order valence-electron chi connectivity index (χ2n) is 6.64. The van der Waals surface area contributed by atoms with E-state index >= 15 is 0 Å². The molecule has 1 heterocycles. The number of rotatable bonds is 7. The number of nitrogens with zero attached hydrogens (tertiary/aromatic N) is 2. The average Bonchev–Trinajstić information content (AvgIpc) is 2.78. The van der Waals surface area contributed by atoms with E-state index in [2.05, 4.69) is 0 Å². The molecular weight excluding hydrogens is 408 g/mol. The molecule has 0 atom stereocenters. The minimum absolute atomic E-state index is 0.0471. The molecule has 0 saturated carbocycles. The molecule has 30 heavy (non-hydrogen) atoms. The largest absolute Gasteiger partial charge is 0.497 e. The summed E-state index contributed by atoms with van der Waals surface area (Å²) in [6.07, 6.45) is 0. The lowest BCUT2D eigenvalue weighted by Gasteiger charge is -2.34. The highest BCUT2D eigenvalue weighted by molar-refractivity contribution is 7.89. The van der Waals surface area contributed by atoms with Gasteiger partial charge in [-0.25, -0.2) is 8.42 Å². The summed E-state index contributed by atoms with van der Waals surface area (Å²) < 4.78 is 43.7. The fraction of sp³-hybridized carbons (Fsp3) is 0.381. The summed E-state index contributed by atoms with van der Waals surface area (Å²) in [4.78, 5) is 14.6. The predicted molar refractivity (Wildman–Crippen MR) is 112 cm³/mol. The van der Waals surface area contributed by atoms with Crippen LogP contribution < -0.4 is 14.2 Å². The number of hydrogen-bond donors (Lipinski definition) is 0. The number of amides is 1. The van der Waals surface area contributed by atoms with Crippen molar-refractivity contribution in [3.63, 3.8) is 0 Å². The van der Waals surface area contributed by atoms with Gasteiger partial charge in [0.15, 0.2) is 0 Å². The van der Waals surface area contributed by atoms with E-state index in [0.29, 0.717) is 23.7 Å². The monoisotopic (exact) mass is 434 g/mol. The molecule has 1 fully saturated rings. The first-order valence-corrected chi connectivity index (χ1v) is 11.1. The molecule has 0 spiro atoms. The van der Waals surface area contributed by atoms with Gasteiger partial charge in [0.1, 0.15) is 22.1 Å². The zero-order valence-electron chi connectivity index (χ0n) is 17.3. The number of sulfonamides is 1. The molecule has 0 bridgehead atoms. The highest BCUT2D eigenvalue weighted by Crippen LogP contribution is 2.31. The van der Waals surface area contributed by atoms with Crippen molar-refractivity contribution in [3.05, 3.63) is 48.0 Å². The van der Waals surface area contributed by atoms with E-state index in [9.17, 15) is 13.2 Å². The summed E-state index contributed by atoms with van der Waals surface area (Å²) in [6.45, 7) is 3.25. The molecule has 0 unspecified atom stereocenters. The van der Waals surface area contributed by atoms with Gasteiger partial charge in [-0.1, -0.05) is 12.1 Å². The molecule has 8 nitrogen and oxygen atoms in total. The van der Waals surface area contributed by atoms with Crippen molar-refractivity contribution >= 4 is 15.9 Å². The molecule has 3 rings (SSSR count). The topological polar surface area (TPSA) is 85.4 Å². The maximum atomic E-state index is 13.2. The van der Waals surface area contributed by atoms with Crippen LogP contribution in [0.4, 0.5) is 0 Å². The fourth-order valence-corrected chi connectivity index (χ4v) is 4.94. The molecule has 0 radical (unpaired) electrons. The van der Waals surface area contributed by atoms with Crippen molar-refractivity contribution in [3.8, 4) is 17.2 Å². The SMILES string of the molecule is CCOc1ccccc1C(=O)N1CCN(S(=O)(=O)c2cc(OC)ccc2OC)CC1. The maximum Gasteiger partial charge on any atom is 0.257 e. The number of hydrogen-bond acceptors (Lipinski definition) is 6. The fourth-order valence-electron chi connectivity index (χ4n) is 3.35. The van der Waals surface area contributed by atoms with Crippen LogP contribution in [0.3, 0.4) is 0 Å². The molecule has 1 amide bonds. The first kappa shape index (κ1) is 21.9. The summed E-state index contributed by atoms with van der Waals surface area (Å²) in [7, 11) is -0.903. The zero-order valence-corrected chi connectivity index (χ0v) is 18.1. The van der Waals surface area contributed by atoms with E-state index < -0.39 is 10.0 Å². The Bertz CT molecular complexity index is 1000. The molecule has 1 saturated heterocycles. The number of para-hydroxylation sites is 1. The number of carbonyl (C=O) groups excluding carboxylic acids is 1. The number of carbonyl (C=O) groups is 1. The van der Waals surface area contributed by atoms with Crippen LogP contribution in [0.1, 0.15) is 17.3 Å². The number of piperazine rings is 1. The normalized spacial score (nSPS) is 15.0. The Morgan fingerprint density at radius 1 is 0.967 bits per heavy atom. The lowest BCUT2D eigenvalue weighted by molar-refractivity contribution is 0.0693. The van der Waals surface area contributed by atoms with Gasteiger partial charge in [0.05, 0.1) is 26.4 Å². The third-order valence-corrected chi connectivity index (χ3v) is 6.85. The van der Waals surface area contributed by atoms with Crippen molar-refractivity contribution in [2.24, 2.45) is 0 Å². The lowest BCUT2D eigenvalue weighted by Crippen LogP contribution is -2.50. The Labute approximate surface area is 177 Å². The van der Waals surface area contributed by atoms with Crippen LogP contribution in [0, 0.1) is 0 Å². The highest BCUT2D eigenvalue weighted by atomic mass is 32.2. The van der Waals surface area contributed by atoms with E-state index in [1.165, 1.54) is 24.6 Å². The van der Waals surface area contributed by atoms with Gasteiger partial charge in [0.2, 0.25) is 10.0 Å². The van der Waals surface area contributed by atoms with E-state index in [4.69, 9.17) is 14.2 Å². The predicted octanol–water partition coefficient (Wildman–Crippen LogP) is 2.25. The Hall–Kier alpha value is -2.78. The molecule has 2 aromatic rings. The molecular formula is C21H26N2O6S. The van der Waals surface area contributed by atoms with Crippen LogP contribution in [0.15, 0.2) is 47.4 Å². The number of benzene rings is 2. The number of ether oxygens (including phenoxy) is 3. The summed E-state index contributed by atoms with van der Waals surface area (Å²) in [5.41, 5.74) is 0.477.